The quantitative estimate of drug-likeness (QED) is 0.765. The van der Waals surface area contributed by atoms with Gasteiger partial charge < -0.3 is 5.32 Å². The number of sulfonamides is 1. The van der Waals surface area contributed by atoms with Gasteiger partial charge in [0.05, 0.1) is 0 Å². The molecule has 0 unspecified atom stereocenters. The molecule has 2 aromatic heterocycles. The van der Waals surface area contributed by atoms with E-state index in [1.165, 1.54) is 22.7 Å². The van der Waals surface area contributed by atoms with Crippen molar-refractivity contribution < 1.29 is 8.42 Å². The Hall–Kier alpha value is -1.28. The molecule has 5 nitrogen and oxygen atoms in total. The maximum absolute atomic E-state index is 12.0. The third-order valence-electron chi connectivity index (χ3n) is 3.11. The fourth-order valence-electron chi connectivity index (χ4n) is 1.98. The minimum atomic E-state index is -3.47. The molecule has 114 valence electrons. The summed E-state index contributed by atoms with van der Waals surface area (Å²) in [6, 6.07) is 5.44. The molecule has 0 aliphatic carbocycles. The third-order valence-corrected chi connectivity index (χ3v) is 5.76. The first-order chi connectivity index (χ1) is 10.0. The topological polar surface area (TPSA) is 71.1 Å². The van der Waals surface area contributed by atoms with Crippen LogP contribution < -0.4 is 10.0 Å². The van der Waals surface area contributed by atoms with E-state index in [0.29, 0.717) is 13.1 Å². The summed E-state index contributed by atoms with van der Waals surface area (Å²) in [6.45, 7) is 5.06. The molecule has 1 atom stereocenters. The molecule has 0 amide bonds. The SMILES string of the molecule is Cc1ccsc1[C@H](C)NCCNS(=O)(=O)c1cccnc1. The van der Waals surface area contributed by atoms with Gasteiger partial charge in [0.2, 0.25) is 10.0 Å². The Bertz CT molecular complexity index is 669. The number of hydrogen-bond acceptors (Lipinski definition) is 5. The molecule has 0 aromatic carbocycles. The highest BCUT2D eigenvalue weighted by molar-refractivity contribution is 7.89. The highest BCUT2D eigenvalue weighted by atomic mass is 32.2. The molecule has 2 N–H and O–H groups in total. The van der Waals surface area contributed by atoms with Crippen LogP contribution in [-0.4, -0.2) is 26.5 Å². The van der Waals surface area contributed by atoms with Crippen LogP contribution >= 0.6 is 11.3 Å². The Balaban J connectivity index is 1.81. The van der Waals surface area contributed by atoms with Crippen LogP contribution in [0.1, 0.15) is 23.4 Å². The fraction of sp³-hybridized carbons (Fsp3) is 0.357. The average Bonchev–Trinajstić information content (AvgIpc) is 2.90. The summed E-state index contributed by atoms with van der Waals surface area (Å²) in [5.74, 6) is 0. The highest BCUT2D eigenvalue weighted by Gasteiger charge is 2.13. The second kappa shape index (κ2) is 7.13. The fourth-order valence-corrected chi connectivity index (χ4v) is 3.94. The molecule has 0 radical (unpaired) electrons. The molecular formula is C14H19N3O2S2. The van der Waals surface area contributed by atoms with Crippen molar-refractivity contribution >= 4 is 21.4 Å². The Labute approximate surface area is 129 Å². The summed E-state index contributed by atoms with van der Waals surface area (Å²) < 4.78 is 26.5. The van der Waals surface area contributed by atoms with Gasteiger partial charge in [0.15, 0.2) is 0 Å². The Kier molecular flexibility index (Phi) is 5.46. The van der Waals surface area contributed by atoms with Crippen molar-refractivity contribution in [1.82, 2.24) is 15.0 Å². The molecule has 0 bridgehead atoms. The summed E-state index contributed by atoms with van der Waals surface area (Å²) in [6.07, 6.45) is 2.89. The molecule has 0 saturated carbocycles. The summed E-state index contributed by atoms with van der Waals surface area (Å²) in [4.78, 5) is 5.29. The first-order valence-electron chi connectivity index (χ1n) is 6.68. The van der Waals surface area contributed by atoms with Crippen molar-refractivity contribution in [1.29, 1.82) is 0 Å². The van der Waals surface area contributed by atoms with Crippen molar-refractivity contribution in [2.24, 2.45) is 0 Å². The van der Waals surface area contributed by atoms with Crippen LogP contribution in [0.5, 0.6) is 0 Å². The van der Waals surface area contributed by atoms with Gasteiger partial charge in [-0.15, -0.1) is 11.3 Å². The number of pyridine rings is 1. The summed E-state index contributed by atoms with van der Waals surface area (Å²) >= 11 is 1.71. The number of aromatic nitrogens is 1. The largest absolute Gasteiger partial charge is 0.308 e. The van der Waals surface area contributed by atoms with Crippen molar-refractivity contribution in [3.63, 3.8) is 0 Å². The highest BCUT2D eigenvalue weighted by Crippen LogP contribution is 2.22. The second-order valence-corrected chi connectivity index (χ2v) is 7.44. The lowest BCUT2D eigenvalue weighted by Crippen LogP contribution is -2.33. The minimum Gasteiger partial charge on any atom is -0.308 e. The molecule has 2 aromatic rings. The zero-order valence-corrected chi connectivity index (χ0v) is 13.7. The second-order valence-electron chi connectivity index (χ2n) is 4.73. The normalized spacial score (nSPS) is 13.2. The molecular weight excluding hydrogens is 306 g/mol. The van der Waals surface area contributed by atoms with Crippen molar-refractivity contribution in [2.75, 3.05) is 13.1 Å². The van der Waals surface area contributed by atoms with E-state index in [0.717, 1.165) is 0 Å². The van der Waals surface area contributed by atoms with Crippen molar-refractivity contribution in [3.8, 4) is 0 Å². The van der Waals surface area contributed by atoms with Crippen LogP contribution in [0.3, 0.4) is 0 Å². The lowest BCUT2D eigenvalue weighted by Gasteiger charge is -2.14. The molecule has 0 aliphatic rings. The number of nitrogens with zero attached hydrogens (tertiary/aromatic N) is 1. The summed E-state index contributed by atoms with van der Waals surface area (Å²) in [5, 5.41) is 5.38. The number of nitrogens with one attached hydrogen (secondary N) is 2. The molecule has 2 rings (SSSR count). The van der Waals surface area contributed by atoms with Gasteiger partial charge in [-0.05, 0) is 43.0 Å². The first kappa shape index (κ1) is 16.1. The first-order valence-corrected chi connectivity index (χ1v) is 9.04. The smallest absolute Gasteiger partial charge is 0.242 e. The monoisotopic (exact) mass is 325 g/mol. The Morgan fingerprint density at radius 1 is 1.33 bits per heavy atom. The van der Waals surface area contributed by atoms with E-state index < -0.39 is 10.0 Å². The average molecular weight is 325 g/mol. The van der Waals surface area contributed by atoms with E-state index >= 15 is 0 Å². The van der Waals surface area contributed by atoms with Gasteiger partial charge in [0.25, 0.3) is 0 Å². The van der Waals surface area contributed by atoms with Gasteiger partial charge in [-0.3, -0.25) is 4.98 Å². The van der Waals surface area contributed by atoms with Crippen molar-refractivity contribution in [2.45, 2.75) is 24.8 Å². The summed E-state index contributed by atoms with van der Waals surface area (Å²) in [7, 11) is -3.47. The van der Waals surface area contributed by atoms with Crippen LogP contribution in [0.2, 0.25) is 0 Å². The maximum Gasteiger partial charge on any atom is 0.242 e. The minimum absolute atomic E-state index is 0.187. The van der Waals surface area contributed by atoms with Crippen LogP contribution in [-0.2, 0) is 10.0 Å². The zero-order chi connectivity index (χ0) is 15.3. The van der Waals surface area contributed by atoms with Gasteiger partial charge in [-0.1, -0.05) is 0 Å². The number of aryl methyl sites for hydroxylation is 1. The standard InChI is InChI=1S/C14H19N3O2S2/c1-11-5-9-20-14(11)12(2)16-7-8-17-21(18,19)13-4-3-6-15-10-13/h3-6,9-10,12,16-17H,7-8H2,1-2H3/t12-/m0/s1. The molecule has 0 saturated heterocycles. The van der Waals surface area contributed by atoms with Crippen molar-refractivity contribution in [3.05, 3.63) is 46.4 Å². The van der Waals surface area contributed by atoms with Crippen LogP contribution in [0.4, 0.5) is 0 Å². The summed E-state index contributed by atoms with van der Waals surface area (Å²) in [5.41, 5.74) is 1.26. The van der Waals surface area contributed by atoms with E-state index in [4.69, 9.17) is 0 Å². The van der Waals surface area contributed by atoms with Crippen LogP contribution in [0.15, 0.2) is 40.9 Å². The van der Waals surface area contributed by atoms with Gasteiger partial charge in [0.1, 0.15) is 4.90 Å². The number of thiophene rings is 1. The number of rotatable bonds is 7. The van der Waals surface area contributed by atoms with E-state index in [1.54, 1.807) is 23.6 Å². The molecule has 0 spiro atoms. The third kappa shape index (κ3) is 4.34. The van der Waals surface area contributed by atoms with E-state index in [-0.39, 0.29) is 10.9 Å². The van der Waals surface area contributed by atoms with E-state index in [9.17, 15) is 8.42 Å². The van der Waals surface area contributed by atoms with Crippen LogP contribution in [0.25, 0.3) is 0 Å². The molecule has 7 heteroatoms. The molecule has 0 aliphatic heterocycles. The Morgan fingerprint density at radius 2 is 2.14 bits per heavy atom. The van der Waals surface area contributed by atoms with Gasteiger partial charge in [-0.25, -0.2) is 13.1 Å². The molecule has 0 fully saturated rings. The van der Waals surface area contributed by atoms with Gasteiger partial charge in [0, 0.05) is 36.4 Å². The lowest BCUT2D eigenvalue weighted by atomic mass is 10.2. The number of hydrogen-bond donors (Lipinski definition) is 2. The van der Waals surface area contributed by atoms with E-state index in [2.05, 4.69) is 40.3 Å². The molecule has 2 heterocycles. The predicted molar refractivity (Wildman–Crippen MR) is 84.9 cm³/mol. The molecule has 21 heavy (non-hydrogen) atoms. The predicted octanol–water partition coefficient (Wildman–Crippen LogP) is 2.08. The van der Waals surface area contributed by atoms with Crippen LogP contribution in [0, 0.1) is 6.92 Å². The maximum atomic E-state index is 12.0. The van der Waals surface area contributed by atoms with E-state index in [1.807, 2.05) is 0 Å². The van der Waals surface area contributed by atoms with Gasteiger partial charge >= 0.3 is 0 Å². The Morgan fingerprint density at radius 3 is 2.76 bits per heavy atom. The van der Waals surface area contributed by atoms with Gasteiger partial charge in [-0.2, -0.15) is 0 Å². The lowest BCUT2D eigenvalue weighted by molar-refractivity contribution is 0.556. The zero-order valence-electron chi connectivity index (χ0n) is 12.0.